The van der Waals surface area contributed by atoms with Crippen LogP contribution in [0, 0.1) is 0 Å². The second-order valence-corrected chi connectivity index (χ2v) is 4.21. The Morgan fingerprint density at radius 2 is 1.65 bits per heavy atom. The lowest BCUT2D eigenvalue weighted by Gasteiger charge is -2.02. The summed E-state index contributed by atoms with van der Waals surface area (Å²) in [4.78, 5) is 19.6. The van der Waals surface area contributed by atoms with Gasteiger partial charge in [-0.3, -0.25) is 9.59 Å². The van der Waals surface area contributed by atoms with Crippen LogP contribution in [-0.4, -0.2) is 39.7 Å². The van der Waals surface area contributed by atoms with E-state index >= 15 is 0 Å². The Labute approximate surface area is 117 Å². The summed E-state index contributed by atoms with van der Waals surface area (Å²) in [6.45, 7) is 2.02. The minimum Gasteiger partial charge on any atom is -0.481 e. The second kappa shape index (κ2) is 10.9. The van der Waals surface area contributed by atoms with E-state index in [1.54, 1.807) is 0 Å². The molecule has 0 aliphatic carbocycles. The molecule has 2 unspecified atom stereocenters. The highest BCUT2D eigenvalue weighted by Gasteiger charge is 2.14. The molecule has 1 aromatic carbocycles. The molecule has 0 aliphatic rings. The van der Waals surface area contributed by atoms with Crippen LogP contribution in [0.1, 0.15) is 18.9 Å². The SMILES string of the molecule is CC(N)Cc1ccccc1.NC(CC(=O)O)C(=O)O.O. The molecule has 114 valence electrons. The second-order valence-electron chi connectivity index (χ2n) is 4.21. The van der Waals surface area contributed by atoms with Gasteiger partial charge < -0.3 is 27.2 Å². The summed E-state index contributed by atoms with van der Waals surface area (Å²) in [6.07, 6.45) is 0.441. The Morgan fingerprint density at radius 1 is 1.15 bits per heavy atom. The Morgan fingerprint density at radius 3 is 1.95 bits per heavy atom. The average molecular weight is 286 g/mol. The van der Waals surface area contributed by atoms with E-state index in [2.05, 4.69) is 12.1 Å². The fourth-order valence-electron chi connectivity index (χ4n) is 1.26. The molecule has 2 atom stereocenters. The van der Waals surface area contributed by atoms with Crippen LogP contribution in [0.2, 0.25) is 0 Å². The number of carboxylic acids is 2. The normalized spacial score (nSPS) is 12.2. The van der Waals surface area contributed by atoms with E-state index in [-0.39, 0.29) is 11.5 Å². The van der Waals surface area contributed by atoms with Gasteiger partial charge in [-0.1, -0.05) is 30.3 Å². The quantitative estimate of drug-likeness (QED) is 0.577. The molecular weight excluding hydrogens is 264 g/mol. The average Bonchev–Trinajstić information content (AvgIpc) is 2.29. The van der Waals surface area contributed by atoms with Crippen LogP contribution in [-0.2, 0) is 16.0 Å². The van der Waals surface area contributed by atoms with Crippen molar-refractivity contribution < 1.29 is 25.3 Å². The van der Waals surface area contributed by atoms with Crippen LogP contribution in [0.5, 0.6) is 0 Å². The molecule has 20 heavy (non-hydrogen) atoms. The first kappa shape index (κ1) is 20.4. The fraction of sp³-hybridized carbons (Fsp3) is 0.385. The number of carboxylic acid groups (broad SMARTS) is 2. The summed E-state index contributed by atoms with van der Waals surface area (Å²) in [5.41, 5.74) is 11.8. The van der Waals surface area contributed by atoms with Gasteiger partial charge in [0.25, 0.3) is 0 Å². The first-order valence-corrected chi connectivity index (χ1v) is 5.82. The molecule has 7 heteroatoms. The number of nitrogens with two attached hydrogens (primary N) is 2. The minimum absolute atomic E-state index is 0. The lowest BCUT2D eigenvalue weighted by molar-refractivity contribution is -0.144. The number of carbonyl (C=O) groups is 2. The molecule has 1 rings (SSSR count). The first-order valence-electron chi connectivity index (χ1n) is 5.82. The molecule has 0 fully saturated rings. The Hall–Kier alpha value is -1.96. The number of aliphatic carboxylic acids is 2. The molecule has 0 saturated heterocycles. The predicted molar refractivity (Wildman–Crippen MR) is 75.3 cm³/mol. The summed E-state index contributed by atoms with van der Waals surface area (Å²) in [5, 5.41) is 16.0. The highest BCUT2D eigenvalue weighted by atomic mass is 16.4. The van der Waals surface area contributed by atoms with E-state index in [1.165, 1.54) is 5.56 Å². The monoisotopic (exact) mass is 286 g/mol. The molecular formula is C13H22N2O5. The number of hydrogen-bond acceptors (Lipinski definition) is 4. The van der Waals surface area contributed by atoms with E-state index in [0.29, 0.717) is 0 Å². The predicted octanol–water partition coefficient (Wildman–Crippen LogP) is -0.375. The zero-order valence-electron chi connectivity index (χ0n) is 11.3. The summed E-state index contributed by atoms with van der Waals surface area (Å²) >= 11 is 0. The van der Waals surface area contributed by atoms with E-state index < -0.39 is 24.4 Å². The Kier molecular flexibility index (Phi) is 11.1. The van der Waals surface area contributed by atoms with Gasteiger partial charge >= 0.3 is 11.9 Å². The van der Waals surface area contributed by atoms with Crippen LogP contribution in [0.3, 0.4) is 0 Å². The molecule has 1 aromatic rings. The van der Waals surface area contributed by atoms with Crippen molar-refractivity contribution in [3.8, 4) is 0 Å². The topological polar surface area (TPSA) is 158 Å². The van der Waals surface area contributed by atoms with Gasteiger partial charge in [0, 0.05) is 6.04 Å². The van der Waals surface area contributed by atoms with Crippen molar-refractivity contribution in [2.24, 2.45) is 11.5 Å². The van der Waals surface area contributed by atoms with Crippen LogP contribution in [0.4, 0.5) is 0 Å². The maximum absolute atomic E-state index is 9.85. The van der Waals surface area contributed by atoms with Gasteiger partial charge in [0.15, 0.2) is 0 Å². The van der Waals surface area contributed by atoms with Crippen molar-refractivity contribution in [1.29, 1.82) is 0 Å². The van der Waals surface area contributed by atoms with Gasteiger partial charge in [0.1, 0.15) is 6.04 Å². The largest absolute Gasteiger partial charge is 0.481 e. The lowest BCUT2D eigenvalue weighted by atomic mass is 10.1. The van der Waals surface area contributed by atoms with E-state index in [4.69, 9.17) is 21.7 Å². The summed E-state index contributed by atoms with van der Waals surface area (Å²) in [7, 11) is 0. The minimum atomic E-state index is -1.29. The zero-order chi connectivity index (χ0) is 14.8. The third kappa shape index (κ3) is 11.1. The summed E-state index contributed by atoms with van der Waals surface area (Å²) in [5.74, 6) is -2.50. The standard InChI is InChI=1S/C9H13N.C4H7NO4.H2O/c1-8(10)7-9-5-3-2-4-6-9;5-2(4(8)9)1-3(6)7;/h2-6,8H,7,10H2,1H3;2H,1,5H2,(H,6,7)(H,8,9);1H2. The van der Waals surface area contributed by atoms with Crippen molar-refractivity contribution in [3.63, 3.8) is 0 Å². The van der Waals surface area contributed by atoms with Crippen LogP contribution < -0.4 is 11.5 Å². The summed E-state index contributed by atoms with van der Waals surface area (Å²) in [6, 6.07) is 9.28. The smallest absolute Gasteiger partial charge is 0.321 e. The highest BCUT2D eigenvalue weighted by molar-refractivity contribution is 5.80. The molecule has 0 saturated carbocycles. The lowest BCUT2D eigenvalue weighted by Crippen LogP contribution is -2.32. The molecule has 0 amide bonds. The number of rotatable bonds is 5. The molecule has 0 aliphatic heterocycles. The molecule has 7 nitrogen and oxygen atoms in total. The van der Waals surface area contributed by atoms with Gasteiger partial charge in [-0.25, -0.2) is 0 Å². The maximum atomic E-state index is 9.85. The van der Waals surface area contributed by atoms with E-state index in [1.807, 2.05) is 25.1 Å². The maximum Gasteiger partial charge on any atom is 0.321 e. The molecule has 0 aromatic heterocycles. The number of hydrogen-bond donors (Lipinski definition) is 4. The van der Waals surface area contributed by atoms with Crippen LogP contribution in [0.15, 0.2) is 30.3 Å². The molecule has 0 spiro atoms. The van der Waals surface area contributed by atoms with Gasteiger partial charge in [-0.05, 0) is 18.9 Å². The van der Waals surface area contributed by atoms with Gasteiger partial charge in [0.2, 0.25) is 0 Å². The van der Waals surface area contributed by atoms with Gasteiger partial charge in [-0.2, -0.15) is 0 Å². The van der Waals surface area contributed by atoms with Crippen LogP contribution >= 0.6 is 0 Å². The van der Waals surface area contributed by atoms with Crippen molar-refractivity contribution in [1.82, 2.24) is 0 Å². The van der Waals surface area contributed by atoms with Crippen molar-refractivity contribution >= 4 is 11.9 Å². The fourth-order valence-corrected chi connectivity index (χ4v) is 1.26. The van der Waals surface area contributed by atoms with Gasteiger partial charge in [-0.15, -0.1) is 0 Å². The van der Waals surface area contributed by atoms with Crippen molar-refractivity contribution in [2.45, 2.75) is 31.8 Å². The first-order chi connectivity index (χ1) is 8.82. The Balaban J connectivity index is 0. The van der Waals surface area contributed by atoms with Crippen molar-refractivity contribution in [2.75, 3.05) is 0 Å². The molecule has 0 heterocycles. The molecule has 0 radical (unpaired) electrons. The number of benzene rings is 1. The third-order valence-corrected chi connectivity index (χ3v) is 2.11. The van der Waals surface area contributed by atoms with Crippen LogP contribution in [0.25, 0.3) is 0 Å². The van der Waals surface area contributed by atoms with E-state index in [9.17, 15) is 9.59 Å². The van der Waals surface area contributed by atoms with Crippen molar-refractivity contribution in [3.05, 3.63) is 35.9 Å². The summed E-state index contributed by atoms with van der Waals surface area (Å²) < 4.78 is 0. The Bertz CT molecular complexity index is 395. The zero-order valence-corrected chi connectivity index (χ0v) is 11.3. The van der Waals surface area contributed by atoms with Gasteiger partial charge in [0.05, 0.1) is 6.42 Å². The molecule has 8 N–H and O–H groups in total. The highest BCUT2D eigenvalue weighted by Crippen LogP contribution is 2.00. The van der Waals surface area contributed by atoms with E-state index in [0.717, 1.165) is 6.42 Å². The third-order valence-electron chi connectivity index (χ3n) is 2.11. The molecule has 0 bridgehead atoms.